The van der Waals surface area contributed by atoms with Crippen molar-refractivity contribution in [2.45, 2.75) is 12.6 Å². The fraction of sp³-hybridized carbons (Fsp3) is 0.357. The van der Waals surface area contributed by atoms with E-state index in [1.165, 1.54) is 26.9 Å². The van der Waals surface area contributed by atoms with E-state index in [2.05, 4.69) is 50.4 Å². The van der Waals surface area contributed by atoms with Crippen LogP contribution in [0.1, 0.15) is 27.5 Å². The normalized spacial score (nSPS) is 15.2. The Morgan fingerprint density at radius 1 is 0.944 bits per heavy atom. The van der Waals surface area contributed by atoms with Crippen LogP contribution in [-0.2, 0) is 6.54 Å². The van der Waals surface area contributed by atoms with Crippen molar-refractivity contribution >= 4 is 5.91 Å². The molecule has 1 amide bonds. The highest BCUT2D eigenvalue weighted by Crippen LogP contribution is 2.38. The molecule has 1 N–H and O–H groups in total. The molecule has 8 nitrogen and oxygen atoms in total. The lowest BCUT2D eigenvalue weighted by atomic mass is 10.1. The van der Waals surface area contributed by atoms with Crippen molar-refractivity contribution < 1.29 is 19.0 Å². The Balaban J connectivity index is 1.44. The number of carbonyl (C=O) groups excluding carboxylic acids is 1. The van der Waals surface area contributed by atoms with Gasteiger partial charge in [0.25, 0.3) is 5.91 Å². The Morgan fingerprint density at radius 3 is 2.22 bits per heavy atom. The summed E-state index contributed by atoms with van der Waals surface area (Å²) in [6, 6.07) is 17.9. The molecular weight excluding hydrogens is 456 g/mol. The summed E-state index contributed by atoms with van der Waals surface area (Å²) in [6.07, 6.45) is 3.65. The van der Waals surface area contributed by atoms with Gasteiger partial charge in [-0.05, 0) is 29.3 Å². The van der Waals surface area contributed by atoms with Gasteiger partial charge in [-0.1, -0.05) is 36.4 Å². The Morgan fingerprint density at radius 2 is 1.64 bits per heavy atom. The number of rotatable bonds is 10. The van der Waals surface area contributed by atoms with Crippen LogP contribution in [0.4, 0.5) is 0 Å². The van der Waals surface area contributed by atoms with Crippen LogP contribution in [0.3, 0.4) is 0 Å². The smallest absolute Gasteiger partial charge is 0.251 e. The summed E-state index contributed by atoms with van der Waals surface area (Å²) < 4.78 is 16.2. The van der Waals surface area contributed by atoms with Gasteiger partial charge in [-0.15, -0.1) is 0 Å². The molecule has 2 aromatic carbocycles. The molecule has 1 saturated heterocycles. The third-order valence-electron chi connectivity index (χ3n) is 6.55. The number of hydrogen-bond acceptors (Lipinski definition) is 7. The van der Waals surface area contributed by atoms with Crippen molar-refractivity contribution in [1.29, 1.82) is 0 Å². The van der Waals surface area contributed by atoms with Crippen molar-refractivity contribution in [2.75, 3.05) is 54.1 Å². The highest BCUT2D eigenvalue weighted by Gasteiger charge is 2.26. The van der Waals surface area contributed by atoms with Gasteiger partial charge in [-0.25, -0.2) is 0 Å². The van der Waals surface area contributed by atoms with Crippen LogP contribution in [0, 0.1) is 0 Å². The SMILES string of the molecule is COc1cc(C(=O)NC[C@H](c2cccnc2)N2CCN(Cc3ccccc3)CC2)cc(OC)c1OC. The van der Waals surface area contributed by atoms with Crippen LogP contribution >= 0.6 is 0 Å². The zero-order chi connectivity index (χ0) is 25.3. The van der Waals surface area contributed by atoms with E-state index in [0.717, 1.165) is 38.3 Å². The minimum atomic E-state index is -0.203. The van der Waals surface area contributed by atoms with Crippen LogP contribution in [0.25, 0.3) is 0 Å². The molecule has 3 aromatic rings. The molecule has 190 valence electrons. The quantitative estimate of drug-likeness (QED) is 0.467. The first-order valence-electron chi connectivity index (χ1n) is 12.1. The Kier molecular flexibility index (Phi) is 8.76. The van der Waals surface area contributed by atoms with Gasteiger partial charge in [0.05, 0.1) is 27.4 Å². The number of nitrogens with zero attached hydrogens (tertiary/aromatic N) is 3. The number of methoxy groups -OCH3 is 3. The summed E-state index contributed by atoms with van der Waals surface area (Å²) in [6.45, 7) is 5.15. The molecule has 0 saturated carbocycles. The Labute approximate surface area is 212 Å². The number of ether oxygens (including phenoxy) is 3. The minimum absolute atomic E-state index is 0.0172. The second kappa shape index (κ2) is 12.4. The zero-order valence-electron chi connectivity index (χ0n) is 21.1. The number of aromatic nitrogens is 1. The first-order valence-corrected chi connectivity index (χ1v) is 12.1. The summed E-state index contributed by atoms with van der Waals surface area (Å²) in [5.41, 5.74) is 2.86. The van der Waals surface area contributed by atoms with E-state index in [1.54, 1.807) is 18.3 Å². The van der Waals surface area contributed by atoms with E-state index in [4.69, 9.17) is 14.2 Å². The summed E-state index contributed by atoms with van der Waals surface area (Å²) >= 11 is 0. The van der Waals surface area contributed by atoms with Crippen LogP contribution in [0.15, 0.2) is 67.0 Å². The highest BCUT2D eigenvalue weighted by molar-refractivity contribution is 5.95. The third kappa shape index (κ3) is 6.13. The maximum absolute atomic E-state index is 13.1. The van der Waals surface area contributed by atoms with Crippen LogP contribution in [-0.4, -0.2) is 74.7 Å². The summed E-state index contributed by atoms with van der Waals surface area (Å²) in [7, 11) is 4.61. The van der Waals surface area contributed by atoms with Gasteiger partial charge in [0.1, 0.15) is 0 Å². The highest BCUT2D eigenvalue weighted by atomic mass is 16.5. The number of piperazine rings is 1. The molecule has 1 aliphatic heterocycles. The molecule has 1 atom stereocenters. The van der Waals surface area contributed by atoms with Crippen molar-refractivity contribution in [1.82, 2.24) is 20.1 Å². The molecule has 0 bridgehead atoms. The number of benzene rings is 2. The summed E-state index contributed by atoms with van der Waals surface area (Å²) in [5.74, 6) is 1.14. The van der Waals surface area contributed by atoms with Gasteiger partial charge >= 0.3 is 0 Å². The average molecular weight is 491 g/mol. The maximum atomic E-state index is 13.1. The van der Waals surface area contributed by atoms with Crippen molar-refractivity contribution in [3.05, 3.63) is 83.7 Å². The van der Waals surface area contributed by atoms with Gasteiger partial charge < -0.3 is 19.5 Å². The third-order valence-corrected chi connectivity index (χ3v) is 6.55. The fourth-order valence-corrected chi connectivity index (χ4v) is 4.61. The van der Waals surface area contributed by atoms with Gasteiger partial charge in [0, 0.05) is 57.2 Å². The van der Waals surface area contributed by atoms with Gasteiger partial charge in [-0.3, -0.25) is 19.6 Å². The van der Waals surface area contributed by atoms with E-state index >= 15 is 0 Å². The topological polar surface area (TPSA) is 76.2 Å². The van der Waals surface area contributed by atoms with E-state index in [1.807, 2.05) is 18.3 Å². The van der Waals surface area contributed by atoms with E-state index in [0.29, 0.717) is 29.4 Å². The van der Waals surface area contributed by atoms with Crippen LogP contribution in [0.5, 0.6) is 17.2 Å². The van der Waals surface area contributed by atoms with Gasteiger partial charge in [-0.2, -0.15) is 0 Å². The molecule has 0 radical (unpaired) electrons. The van der Waals surface area contributed by atoms with Crippen molar-refractivity contribution in [2.24, 2.45) is 0 Å². The number of carbonyl (C=O) groups is 1. The molecular formula is C28H34N4O4. The number of hydrogen-bond donors (Lipinski definition) is 1. The van der Waals surface area contributed by atoms with Gasteiger partial charge in [0.15, 0.2) is 11.5 Å². The summed E-state index contributed by atoms with van der Waals surface area (Å²) in [5, 5.41) is 3.11. The number of pyridine rings is 1. The molecule has 0 aliphatic carbocycles. The molecule has 8 heteroatoms. The second-order valence-electron chi connectivity index (χ2n) is 8.72. The standard InChI is InChI=1S/C28H34N4O4/c1-34-25-16-23(17-26(35-2)27(25)36-3)28(33)30-19-24(22-10-7-11-29-18-22)32-14-12-31(13-15-32)20-21-8-5-4-6-9-21/h4-11,16-18,24H,12-15,19-20H2,1-3H3,(H,30,33)/t24-/m1/s1. The van der Waals surface area contributed by atoms with Crippen LogP contribution in [0.2, 0.25) is 0 Å². The minimum Gasteiger partial charge on any atom is -0.493 e. The van der Waals surface area contributed by atoms with Gasteiger partial charge in [0.2, 0.25) is 5.75 Å². The fourth-order valence-electron chi connectivity index (χ4n) is 4.61. The molecule has 1 fully saturated rings. The van der Waals surface area contributed by atoms with Crippen LogP contribution < -0.4 is 19.5 Å². The molecule has 0 spiro atoms. The van der Waals surface area contributed by atoms with E-state index in [9.17, 15) is 4.79 Å². The molecule has 36 heavy (non-hydrogen) atoms. The first kappa shape index (κ1) is 25.5. The first-order chi connectivity index (χ1) is 17.6. The molecule has 4 rings (SSSR count). The monoisotopic (exact) mass is 490 g/mol. The molecule has 0 unspecified atom stereocenters. The maximum Gasteiger partial charge on any atom is 0.251 e. The lowest BCUT2D eigenvalue weighted by Crippen LogP contribution is -2.49. The lowest BCUT2D eigenvalue weighted by molar-refractivity contribution is 0.0821. The van der Waals surface area contributed by atoms with E-state index < -0.39 is 0 Å². The molecule has 1 aromatic heterocycles. The van der Waals surface area contributed by atoms with Crippen molar-refractivity contribution in [3.63, 3.8) is 0 Å². The number of nitrogens with one attached hydrogen (secondary N) is 1. The second-order valence-corrected chi connectivity index (χ2v) is 8.72. The van der Waals surface area contributed by atoms with E-state index in [-0.39, 0.29) is 11.9 Å². The largest absolute Gasteiger partial charge is 0.493 e. The lowest BCUT2D eigenvalue weighted by Gasteiger charge is -2.39. The molecule has 2 heterocycles. The number of amides is 1. The predicted molar refractivity (Wildman–Crippen MR) is 139 cm³/mol. The Hall–Kier alpha value is -3.62. The Bertz CT molecular complexity index is 1090. The predicted octanol–water partition coefficient (Wildman–Crippen LogP) is 3.40. The molecule has 1 aliphatic rings. The van der Waals surface area contributed by atoms with Crippen molar-refractivity contribution in [3.8, 4) is 17.2 Å². The zero-order valence-corrected chi connectivity index (χ0v) is 21.1. The average Bonchev–Trinajstić information content (AvgIpc) is 2.94. The summed E-state index contributed by atoms with van der Waals surface area (Å²) in [4.78, 5) is 22.4.